The van der Waals surface area contributed by atoms with Crippen molar-refractivity contribution in [1.29, 1.82) is 0 Å². The Balaban J connectivity index is 1.92. The third-order valence-electron chi connectivity index (χ3n) is 4.59. The number of esters is 1. The Labute approximate surface area is 184 Å². The third kappa shape index (κ3) is 4.24. The number of alkyl halides is 3. The first-order chi connectivity index (χ1) is 15.3. The number of rotatable bonds is 5. The van der Waals surface area contributed by atoms with Crippen molar-refractivity contribution in [1.82, 2.24) is 4.57 Å². The van der Waals surface area contributed by atoms with Gasteiger partial charge in [0.05, 0.1) is 12.3 Å². The monoisotopic (exact) mass is 459 g/mol. The summed E-state index contributed by atoms with van der Waals surface area (Å²) in [5.41, 5.74) is 1.36. The van der Waals surface area contributed by atoms with Crippen LogP contribution in [-0.2, 0) is 4.74 Å². The molecule has 2 heterocycles. The Hall–Kier alpha value is -3.59. The lowest BCUT2D eigenvalue weighted by Gasteiger charge is -2.11. The highest BCUT2D eigenvalue weighted by atomic mass is 32.1. The molecule has 32 heavy (non-hydrogen) atoms. The summed E-state index contributed by atoms with van der Waals surface area (Å²) in [6.45, 7) is 1.89. The van der Waals surface area contributed by atoms with E-state index in [9.17, 15) is 22.8 Å². The zero-order valence-electron chi connectivity index (χ0n) is 16.7. The van der Waals surface area contributed by atoms with Crippen LogP contribution in [0.25, 0.3) is 27.0 Å². The van der Waals surface area contributed by atoms with Gasteiger partial charge in [-0.25, -0.2) is 4.79 Å². The molecule has 164 valence electrons. The normalized spacial score (nSPS) is 11.5. The molecule has 0 spiro atoms. The highest BCUT2D eigenvalue weighted by Gasteiger charge is 2.31. The zero-order chi connectivity index (χ0) is 22.9. The molecular formula is C23H16F3NO4S. The maximum absolute atomic E-state index is 12.7. The van der Waals surface area contributed by atoms with Crippen LogP contribution in [0.5, 0.6) is 5.75 Å². The number of hydrogen-bond acceptors (Lipinski definition) is 5. The topological polar surface area (TPSA) is 57.5 Å². The average Bonchev–Trinajstić information content (AvgIpc) is 3.14. The number of halogens is 3. The van der Waals surface area contributed by atoms with Gasteiger partial charge < -0.3 is 9.47 Å². The van der Waals surface area contributed by atoms with Crippen molar-refractivity contribution in [3.63, 3.8) is 0 Å². The number of thiophene rings is 1. The molecule has 0 saturated heterocycles. The van der Waals surface area contributed by atoms with Crippen LogP contribution in [0.15, 0.2) is 71.5 Å². The molecule has 0 bridgehead atoms. The van der Waals surface area contributed by atoms with Gasteiger partial charge >= 0.3 is 12.3 Å². The minimum atomic E-state index is -4.81. The van der Waals surface area contributed by atoms with Crippen molar-refractivity contribution >= 4 is 27.5 Å². The molecule has 0 radical (unpaired) electrons. The third-order valence-corrected chi connectivity index (χ3v) is 5.76. The summed E-state index contributed by atoms with van der Waals surface area (Å²) in [5.74, 6) is -0.912. The number of benzene rings is 2. The molecule has 0 fully saturated rings. The van der Waals surface area contributed by atoms with Gasteiger partial charge in [-0.2, -0.15) is 0 Å². The molecule has 0 atom stereocenters. The predicted octanol–water partition coefficient (Wildman–Crippen LogP) is 5.79. The number of pyridine rings is 1. The van der Waals surface area contributed by atoms with E-state index in [1.165, 1.54) is 22.8 Å². The maximum atomic E-state index is 12.7. The van der Waals surface area contributed by atoms with E-state index in [0.29, 0.717) is 26.3 Å². The lowest BCUT2D eigenvalue weighted by atomic mass is 10.0. The Morgan fingerprint density at radius 3 is 2.31 bits per heavy atom. The number of nitrogens with zero attached hydrogens (tertiary/aromatic N) is 1. The van der Waals surface area contributed by atoms with Crippen LogP contribution >= 0.6 is 11.3 Å². The number of carbonyl (C=O) groups is 1. The van der Waals surface area contributed by atoms with E-state index >= 15 is 0 Å². The summed E-state index contributed by atoms with van der Waals surface area (Å²) in [5, 5.41) is 0.652. The average molecular weight is 459 g/mol. The van der Waals surface area contributed by atoms with E-state index in [0.717, 1.165) is 29.0 Å². The molecule has 0 unspecified atom stereocenters. The van der Waals surface area contributed by atoms with Crippen LogP contribution in [-0.4, -0.2) is 23.5 Å². The Morgan fingerprint density at radius 1 is 1.00 bits per heavy atom. The lowest BCUT2D eigenvalue weighted by Crippen LogP contribution is -2.18. The van der Waals surface area contributed by atoms with Crippen LogP contribution in [0.3, 0.4) is 0 Å². The fourth-order valence-corrected chi connectivity index (χ4v) is 4.59. The number of hydrogen-bond donors (Lipinski definition) is 0. The summed E-state index contributed by atoms with van der Waals surface area (Å²) >= 11 is 1.09. The van der Waals surface area contributed by atoms with Gasteiger partial charge in [-0.3, -0.25) is 9.36 Å². The van der Waals surface area contributed by atoms with Gasteiger partial charge in [0.25, 0.3) is 5.56 Å². The number of aromatic nitrogens is 1. The zero-order valence-corrected chi connectivity index (χ0v) is 17.5. The second-order valence-electron chi connectivity index (χ2n) is 6.66. The molecule has 2 aromatic carbocycles. The summed E-state index contributed by atoms with van der Waals surface area (Å²) < 4.78 is 47.9. The quantitative estimate of drug-likeness (QED) is 0.354. The van der Waals surface area contributed by atoms with Crippen molar-refractivity contribution < 1.29 is 27.4 Å². The van der Waals surface area contributed by atoms with Crippen molar-refractivity contribution in [2.45, 2.75) is 13.3 Å². The molecule has 0 N–H and O–H groups in total. The largest absolute Gasteiger partial charge is 0.573 e. The number of carbonyl (C=O) groups excluding carboxylic acids is 1. The first kappa shape index (κ1) is 21.6. The van der Waals surface area contributed by atoms with E-state index in [-0.39, 0.29) is 6.61 Å². The van der Waals surface area contributed by atoms with Gasteiger partial charge in [-0.05, 0) is 42.8 Å². The Morgan fingerprint density at radius 2 is 1.69 bits per heavy atom. The van der Waals surface area contributed by atoms with E-state index in [2.05, 4.69) is 4.74 Å². The minimum absolute atomic E-state index is 0.189. The van der Waals surface area contributed by atoms with E-state index in [1.807, 2.05) is 30.3 Å². The Bertz CT molecular complexity index is 1330. The molecule has 9 heteroatoms. The summed E-state index contributed by atoms with van der Waals surface area (Å²) in [6, 6.07) is 17.2. The first-order valence-electron chi connectivity index (χ1n) is 9.56. The molecule has 0 aliphatic carbocycles. The van der Waals surface area contributed by atoms with Gasteiger partial charge in [-0.15, -0.1) is 24.5 Å². The van der Waals surface area contributed by atoms with Crippen LogP contribution in [0.4, 0.5) is 13.2 Å². The molecular weight excluding hydrogens is 443 g/mol. The highest BCUT2D eigenvalue weighted by molar-refractivity contribution is 7.21. The summed E-state index contributed by atoms with van der Waals surface area (Å²) in [6.07, 6.45) is -4.81. The fraction of sp³-hybridized carbons (Fsp3) is 0.130. The summed E-state index contributed by atoms with van der Waals surface area (Å²) in [7, 11) is 0. The first-order valence-corrected chi connectivity index (χ1v) is 10.4. The molecule has 4 rings (SSSR count). The fourth-order valence-electron chi connectivity index (χ4n) is 3.36. The van der Waals surface area contributed by atoms with Crippen LogP contribution in [0.1, 0.15) is 16.6 Å². The van der Waals surface area contributed by atoms with Gasteiger partial charge in [0.2, 0.25) is 0 Å². The highest BCUT2D eigenvalue weighted by Crippen LogP contribution is 2.39. The number of ether oxygens (including phenoxy) is 2. The molecule has 0 aliphatic heterocycles. The Kier molecular flexibility index (Phi) is 5.75. The van der Waals surface area contributed by atoms with Gasteiger partial charge in [0.15, 0.2) is 0 Å². The molecule has 4 aromatic rings. The predicted molar refractivity (Wildman–Crippen MR) is 115 cm³/mol. The molecule has 2 aromatic heterocycles. The molecule has 0 aliphatic rings. The van der Waals surface area contributed by atoms with E-state index in [1.54, 1.807) is 13.0 Å². The van der Waals surface area contributed by atoms with Gasteiger partial charge in [-0.1, -0.05) is 30.3 Å². The maximum Gasteiger partial charge on any atom is 0.573 e. The second kappa shape index (κ2) is 8.51. The van der Waals surface area contributed by atoms with Crippen LogP contribution < -0.4 is 10.3 Å². The SMILES string of the molecule is CCOC(=O)c1sc2c(ccc(=O)n2-c2ccc(OC(F)(F)F)cc2)c1-c1ccccc1. The lowest BCUT2D eigenvalue weighted by molar-refractivity contribution is -0.274. The van der Waals surface area contributed by atoms with Crippen molar-refractivity contribution in [2.75, 3.05) is 6.61 Å². The van der Waals surface area contributed by atoms with Crippen molar-refractivity contribution in [2.24, 2.45) is 0 Å². The second-order valence-corrected chi connectivity index (χ2v) is 7.66. The van der Waals surface area contributed by atoms with Crippen molar-refractivity contribution in [3.05, 3.63) is 82.0 Å². The van der Waals surface area contributed by atoms with Crippen LogP contribution in [0, 0.1) is 0 Å². The smallest absolute Gasteiger partial charge is 0.462 e. The number of fused-ring (bicyclic) bond motifs is 1. The van der Waals surface area contributed by atoms with Gasteiger partial charge in [0, 0.05) is 17.0 Å². The molecule has 5 nitrogen and oxygen atoms in total. The van der Waals surface area contributed by atoms with Crippen LogP contribution in [0.2, 0.25) is 0 Å². The van der Waals surface area contributed by atoms with Gasteiger partial charge in [0.1, 0.15) is 15.5 Å². The molecule has 0 saturated carbocycles. The summed E-state index contributed by atoms with van der Waals surface area (Å²) in [4.78, 5) is 26.3. The van der Waals surface area contributed by atoms with E-state index < -0.39 is 23.6 Å². The van der Waals surface area contributed by atoms with Crippen molar-refractivity contribution in [3.8, 4) is 22.6 Å². The standard InChI is InChI=1S/C23H16F3NO4S/c1-2-30-22(29)20-19(14-6-4-3-5-7-14)17-12-13-18(28)27(21(17)32-20)15-8-10-16(11-9-15)31-23(24,25)26/h3-13H,2H2,1H3. The van der Waals surface area contributed by atoms with E-state index in [4.69, 9.17) is 4.74 Å². The minimum Gasteiger partial charge on any atom is -0.462 e. The molecule has 0 amide bonds.